The molecule has 92 valence electrons. The predicted molar refractivity (Wildman–Crippen MR) is 65.2 cm³/mol. The number of piperidine rings is 1. The van der Waals surface area contributed by atoms with Crippen LogP contribution in [0.25, 0.3) is 0 Å². The summed E-state index contributed by atoms with van der Waals surface area (Å²) in [4.78, 5) is 13.7. The highest BCUT2D eigenvalue weighted by Crippen LogP contribution is 2.23. The molecule has 1 atom stereocenters. The van der Waals surface area contributed by atoms with Gasteiger partial charge < -0.3 is 10.0 Å². The third-order valence-corrected chi connectivity index (χ3v) is 3.67. The number of halogens is 2. The Kier molecular flexibility index (Phi) is 3.79. The number of hydrogen-bond acceptors (Lipinski definition) is 2. The van der Waals surface area contributed by atoms with E-state index in [4.69, 9.17) is 0 Å². The average molecular weight is 302 g/mol. The van der Waals surface area contributed by atoms with Crippen LogP contribution in [0.15, 0.2) is 22.7 Å². The summed E-state index contributed by atoms with van der Waals surface area (Å²) < 4.78 is 13.5. The third-order valence-electron chi connectivity index (χ3n) is 2.87. The van der Waals surface area contributed by atoms with Crippen LogP contribution in [0.3, 0.4) is 0 Å². The molecule has 0 aliphatic carbocycles. The first-order chi connectivity index (χ1) is 8.09. The van der Waals surface area contributed by atoms with Gasteiger partial charge in [0.2, 0.25) is 0 Å². The third kappa shape index (κ3) is 2.66. The molecule has 0 unspecified atom stereocenters. The molecule has 1 heterocycles. The van der Waals surface area contributed by atoms with Crippen LogP contribution >= 0.6 is 15.9 Å². The van der Waals surface area contributed by atoms with Crippen molar-refractivity contribution in [3.05, 3.63) is 34.1 Å². The van der Waals surface area contributed by atoms with Crippen molar-refractivity contribution in [3.8, 4) is 0 Å². The minimum Gasteiger partial charge on any atom is -0.391 e. The standard InChI is InChI=1S/C12H13BrFNO2/c13-11-9(4-1-5-10(11)14)12(17)15-6-2-3-8(16)7-15/h1,4-5,8,16H,2-3,6-7H2/t8-/m0/s1. The second-order valence-electron chi connectivity index (χ2n) is 4.15. The zero-order chi connectivity index (χ0) is 12.4. The minimum atomic E-state index is -0.472. The number of aliphatic hydroxyl groups excluding tert-OH is 1. The summed E-state index contributed by atoms with van der Waals surface area (Å²) in [5.41, 5.74) is 0.305. The Balaban J connectivity index is 2.22. The number of aliphatic hydroxyl groups is 1. The van der Waals surface area contributed by atoms with Gasteiger partial charge in [0, 0.05) is 13.1 Å². The van der Waals surface area contributed by atoms with Crippen LogP contribution in [0.5, 0.6) is 0 Å². The fourth-order valence-corrected chi connectivity index (χ4v) is 2.41. The van der Waals surface area contributed by atoms with Crippen molar-refractivity contribution in [3.63, 3.8) is 0 Å². The Bertz CT molecular complexity index is 439. The summed E-state index contributed by atoms with van der Waals surface area (Å²) in [5.74, 6) is -0.691. The number of hydrogen-bond donors (Lipinski definition) is 1. The second-order valence-corrected chi connectivity index (χ2v) is 4.94. The quantitative estimate of drug-likeness (QED) is 0.864. The van der Waals surface area contributed by atoms with E-state index in [-0.39, 0.29) is 10.4 Å². The topological polar surface area (TPSA) is 40.5 Å². The molecule has 5 heteroatoms. The molecular formula is C12H13BrFNO2. The first-order valence-corrected chi connectivity index (χ1v) is 6.30. The van der Waals surface area contributed by atoms with Gasteiger partial charge in [-0.1, -0.05) is 6.07 Å². The molecule has 1 saturated heterocycles. The molecular weight excluding hydrogens is 289 g/mol. The zero-order valence-corrected chi connectivity index (χ0v) is 10.8. The minimum absolute atomic E-state index is 0.185. The van der Waals surface area contributed by atoms with Crippen LogP contribution in [0, 0.1) is 5.82 Å². The van der Waals surface area contributed by atoms with Gasteiger partial charge in [-0.25, -0.2) is 4.39 Å². The number of carbonyl (C=O) groups is 1. The summed E-state index contributed by atoms with van der Waals surface area (Å²) in [6.45, 7) is 0.931. The highest BCUT2D eigenvalue weighted by atomic mass is 79.9. The Hall–Kier alpha value is -0.940. The van der Waals surface area contributed by atoms with Crippen molar-refractivity contribution in [2.24, 2.45) is 0 Å². The Morgan fingerprint density at radius 3 is 3.00 bits per heavy atom. The summed E-state index contributed by atoms with van der Waals surface area (Å²) in [7, 11) is 0. The summed E-state index contributed by atoms with van der Waals surface area (Å²) in [5, 5.41) is 9.52. The molecule has 1 amide bonds. The lowest BCUT2D eigenvalue weighted by molar-refractivity contribution is 0.0472. The molecule has 0 aromatic heterocycles. The summed E-state index contributed by atoms with van der Waals surface area (Å²) in [6.07, 6.45) is 1.02. The van der Waals surface area contributed by atoms with E-state index in [1.165, 1.54) is 12.1 Å². The highest BCUT2D eigenvalue weighted by molar-refractivity contribution is 9.10. The maximum Gasteiger partial charge on any atom is 0.255 e. The van der Waals surface area contributed by atoms with E-state index in [2.05, 4.69) is 15.9 Å². The lowest BCUT2D eigenvalue weighted by Gasteiger charge is -2.30. The van der Waals surface area contributed by atoms with Gasteiger partial charge in [-0.15, -0.1) is 0 Å². The monoisotopic (exact) mass is 301 g/mol. The van der Waals surface area contributed by atoms with Gasteiger partial charge in [0.05, 0.1) is 16.1 Å². The molecule has 0 bridgehead atoms. The fourth-order valence-electron chi connectivity index (χ4n) is 1.98. The molecule has 3 nitrogen and oxygen atoms in total. The fraction of sp³-hybridized carbons (Fsp3) is 0.417. The Morgan fingerprint density at radius 1 is 1.53 bits per heavy atom. The molecule has 1 N–H and O–H groups in total. The van der Waals surface area contributed by atoms with Crippen molar-refractivity contribution in [1.82, 2.24) is 4.90 Å². The molecule has 1 aromatic rings. The van der Waals surface area contributed by atoms with E-state index in [0.717, 1.165) is 6.42 Å². The Morgan fingerprint density at radius 2 is 2.29 bits per heavy atom. The second kappa shape index (κ2) is 5.14. The van der Waals surface area contributed by atoms with Crippen molar-refractivity contribution < 1.29 is 14.3 Å². The molecule has 0 saturated carbocycles. The van der Waals surface area contributed by atoms with Crippen molar-refractivity contribution in [2.75, 3.05) is 13.1 Å². The first kappa shape index (κ1) is 12.5. The van der Waals surface area contributed by atoms with Gasteiger partial charge in [0.25, 0.3) is 5.91 Å². The van der Waals surface area contributed by atoms with Gasteiger partial charge in [0.1, 0.15) is 5.82 Å². The van der Waals surface area contributed by atoms with E-state index >= 15 is 0 Å². The molecule has 0 radical (unpaired) electrons. The van der Waals surface area contributed by atoms with Crippen LogP contribution in [0.1, 0.15) is 23.2 Å². The van der Waals surface area contributed by atoms with E-state index in [1.54, 1.807) is 11.0 Å². The Labute approximate surface area is 107 Å². The number of rotatable bonds is 1. The van der Waals surface area contributed by atoms with Gasteiger partial charge in [-0.3, -0.25) is 4.79 Å². The van der Waals surface area contributed by atoms with Crippen molar-refractivity contribution in [2.45, 2.75) is 18.9 Å². The molecule has 2 rings (SSSR count). The number of carbonyl (C=O) groups excluding carboxylic acids is 1. The highest BCUT2D eigenvalue weighted by Gasteiger charge is 2.24. The number of amides is 1. The lowest BCUT2D eigenvalue weighted by atomic mass is 10.1. The van der Waals surface area contributed by atoms with Crippen LogP contribution in [0.2, 0.25) is 0 Å². The maximum absolute atomic E-state index is 13.3. The molecule has 17 heavy (non-hydrogen) atoms. The largest absolute Gasteiger partial charge is 0.391 e. The number of nitrogens with zero attached hydrogens (tertiary/aromatic N) is 1. The van der Waals surface area contributed by atoms with E-state index in [0.29, 0.717) is 25.1 Å². The number of β-amino-alcohol motifs (C(OH)–C–C–N with tert-alkyl or cyclic N) is 1. The lowest BCUT2D eigenvalue weighted by Crippen LogP contribution is -2.42. The molecule has 1 aliphatic heterocycles. The molecule has 1 aromatic carbocycles. The molecule has 1 fully saturated rings. The van der Waals surface area contributed by atoms with Gasteiger partial charge in [0.15, 0.2) is 0 Å². The maximum atomic E-state index is 13.3. The van der Waals surface area contributed by atoms with Gasteiger partial charge >= 0.3 is 0 Å². The molecule has 1 aliphatic rings. The van der Waals surface area contributed by atoms with Gasteiger partial charge in [-0.05, 0) is 40.9 Å². The smallest absolute Gasteiger partial charge is 0.255 e. The van der Waals surface area contributed by atoms with Crippen LogP contribution in [0.4, 0.5) is 4.39 Å². The van der Waals surface area contributed by atoms with E-state index in [1.807, 2.05) is 0 Å². The zero-order valence-electron chi connectivity index (χ0n) is 9.20. The van der Waals surface area contributed by atoms with Gasteiger partial charge in [-0.2, -0.15) is 0 Å². The van der Waals surface area contributed by atoms with Crippen molar-refractivity contribution in [1.29, 1.82) is 0 Å². The number of likely N-dealkylation sites (tertiary alicyclic amines) is 1. The summed E-state index contributed by atoms with van der Waals surface area (Å²) >= 11 is 3.08. The number of benzene rings is 1. The first-order valence-electron chi connectivity index (χ1n) is 5.51. The van der Waals surface area contributed by atoms with E-state index < -0.39 is 11.9 Å². The normalized spacial score (nSPS) is 20.4. The molecule has 0 spiro atoms. The van der Waals surface area contributed by atoms with Crippen LogP contribution in [-0.4, -0.2) is 35.1 Å². The predicted octanol–water partition coefficient (Wildman–Crippen LogP) is 2.19. The average Bonchev–Trinajstić information content (AvgIpc) is 2.32. The van der Waals surface area contributed by atoms with Crippen LogP contribution in [-0.2, 0) is 0 Å². The summed E-state index contributed by atoms with van der Waals surface area (Å²) in [6, 6.07) is 4.39. The van der Waals surface area contributed by atoms with Crippen molar-refractivity contribution >= 4 is 21.8 Å². The SMILES string of the molecule is O=C(c1cccc(F)c1Br)N1CCC[C@H](O)C1. The van der Waals surface area contributed by atoms with E-state index in [9.17, 15) is 14.3 Å². The van der Waals surface area contributed by atoms with Crippen LogP contribution < -0.4 is 0 Å².